The SMILES string of the molecule is Cc1nc(-c2ccsc2)sc1C(=O)Nc1cc2c(cc1Cl)OCCO2. The molecular weight excluding hydrogens is 380 g/mol. The third-order valence-electron chi connectivity index (χ3n) is 3.65. The number of anilines is 1. The zero-order chi connectivity index (χ0) is 17.4. The average Bonchev–Trinajstić information content (AvgIpc) is 3.25. The summed E-state index contributed by atoms with van der Waals surface area (Å²) in [5.41, 5.74) is 2.20. The minimum absolute atomic E-state index is 0.241. The van der Waals surface area contributed by atoms with Crippen LogP contribution < -0.4 is 14.8 Å². The van der Waals surface area contributed by atoms with Crippen molar-refractivity contribution < 1.29 is 14.3 Å². The number of benzene rings is 1. The van der Waals surface area contributed by atoms with E-state index in [0.717, 1.165) is 10.6 Å². The Bertz CT molecular complexity index is 938. The van der Waals surface area contributed by atoms with Crippen molar-refractivity contribution in [3.05, 3.63) is 44.6 Å². The first kappa shape index (κ1) is 16.4. The lowest BCUT2D eigenvalue weighted by atomic mass is 10.2. The fourth-order valence-electron chi connectivity index (χ4n) is 2.46. The van der Waals surface area contributed by atoms with E-state index in [4.69, 9.17) is 21.1 Å². The Balaban J connectivity index is 1.60. The normalized spacial score (nSPS) is 12.9. The number of thiophene rings is 1. The van der Waals surface area contributed by atoms with Gasteiger partial charge in [0.15, 0.2) is 11.5 Å². The van der Waals surface area contributed by atoms with Crippen LogP contribution in [-0.4, -0.2) is 24.1 Å². The van der Waals surface area contributed by atoms with Crippen LogP contribution in [0.4, 0.5) is 5.69 Å². The molecule has 3 heterocycles. The molecule has 2 aromatic heterocycles. The fraction of sp³-hybridized carbons (Fsp3) is 0.176. The van der Waals surface area contributed by atoms with E-state index in [9.17, 15) is 4.79 Å². The molecule has 25 heavy (non-hydrogen) atoms. The van der Waals surface area contributed by atoms with Gasteiger partial charge in [0.05, 0.1) is 16.4 Å². The predicted molar refractivity (Wildman–Crippen MR) is 101 cm³/mol. The Morgan fingerprint density at radius 1 is 1.28 bits per heavy atom. The van der Waals surface area contributed by atoms with Gasteiger partial charge >= 0.3 is 0 Å². The fourth-order valence-corrected chi connectivity index (χ4v) is 4.33. The zero-order valence-corrected chi connectivity index (χ0v) is 15.6. The molecule has 0 unspecified atom stereocenters. The number of hydrogen-bond acceptors (Lipinski definition) is 6. The summed E-state index contributed by atoms with van der Waals surface area (Å²) in [6.45, 7) is 2.78. The highest BCUT2D eigenvalue weighted by Crippen LogP contribution is 2.38. The van der Waals surface area contributed by atoms with Gasteiger partial charge < -0.3 is 14.8 Å². The summed E-state index contributed by atoms with van der Waals surface area (Å²) >= 11 is 9.22. The number of amides is 1. The summed E-state index contributed by atoms with van der Waals surface area (Å²) < 4.78 is 11.0. The largest absolute Gasteiger partial charge is 0.486 e. The van der Waals surface area contributed by atoms with Gasteiger partial charge in [-0.15, -0.1) is 11.3 Å². The van der Waals surface area contributed by atoms with E-state index in [1.807, 2.05) is 23.8 Å². The molecule has 128 valence electrons. The Kier molecular flexibility index (Phi) is 4.37. The molecule has 0 radical (unpaired) electrons. The molecule has 0 fully saturated rings. The van der Waals surface area contributed by atoms with E-state index in [1.165, 1.54) is 11.3 Å². The summed E-state index contributed by atoms with van der Waals surface area (Å²) in [4.78, 5) is 17.7. The molecule has 3 aromatic rings. The highest BCUT2D eigenvalue weighted by atomic mass is 35.5. The lowest BCUT2D eigenvalue weighted by Gasteiger charge is -2.19. The van der Waals surface area contributed by atoms with Crippen molar-refractivity contribution in [2.24, 2.45) is 0 Å². The van der Waals surface area contributed by atoms with E-state index in [0.29, 0.717) is 46.0 Å². The maximum Gasteiger partial charge on any atom is 0.267 e. The summed E-state index contributed by atoms with van der Waals surface area (Å²) in [5, 5.41) is 8.07. The molecule has 5 nitrogen and oxygen atoms in total. The van der Waals surface area contributed by atoms with Crippen molar-refractivity contribution >= 4 is 45.9 Å². The number of ether oxygens (including phenoxy) is 2. The molecule has 1 N–H and O–H groups in total. The number of fused-ring (bicyclic) bond motifs is 1. The quantitative estimate of drug-likeness (QED) is 0.691. The molecule has 1 amide bonds. The predicted octanol–water partition coefficient (Wildman–Crippen LogP) is 4.86. The van der Waals surface area contributed by atoms with Crippen LogP contribution in [0.1, 0.15) is 15.4 Å². The van der Waals surface area contributed by atoms with Crippen LogP contribution in [0.25, 0.3) is 10.6 Å². The number of carbonyl (C=O) groups excluding carboxylic acids is 1. The molecule has 0 saturated carbocycles. The van der Waals surface area contributed by atoms with Crippen molar-refractivity contribution in [3.8, 4) is 22.1 Å². The summed E-state index contributed by atoms with van der Waals surface area (Å²) in [6.07, 6.45) is 0. The number of aryl methyl sites for hydroxylation is 1. The molecule has 8 heteroatoms. The lowest BCUT2D eigenvalue weighted by Crippen LogP contribution is -2.16. The van der Waals surface area contributed by atoms with Crippen LogP contribution in [0, 0.1) is 6.92 Å². The van der Waals surface area contributed by atoms with Crippen molar-refractivity contribution in [1.29, 1.82) is 0 Å². The highest BCUT2D eigenvalue weighted by molar-refractivity contribution is 7.17. The molecule has 0 spiro atoms. The Hall–Kier alpha value is -2.09. The van der Waals surface area contributed by atoms with Gasteiger partial charge in [-0.25, -0.2) is 4.98 Å². The molecule has 0 saturated heterocycles. The summed E-state index contributed by atoms with van der Waals surface area (Å²) in [5.74, 6) is 0.920. The van der Waals surface area contributed by atoms with Crippen molar-refractivity contribution in [3.63, 3.8) is 0 Å². The van der Waals surface area contributed by atoms with E-state index in [2.05, 4.69) is 10.3 Å². The Morgan fingerprint density at radius 3 is 2.76 bits per heavy atom. The maximum atomic E-state index is 12.7. The molecule has 1 aliphatic rings. The highest BCUT2D eigenvalue weighted by Gasteiger charge is 2.20. The number of aromatic nitrogens is 1. The second kappa shape index (κ2) is 6.67. The van der Waals surface area contributed by atoms with Gasteiger partial charge in [0.2, 0.25) is 0 Å². The first-order valence-electron chi connectivity index (χ1n) is 7.52. The molecule has 4 rings (SSSR count). The van der Waals surface area contributed by atoms with E-state index in [1.54, 1.807) is 23.5 Å². The van der Waals surface area contributed by atoms with Crippen LogP contribution >= 0.6 is 34.3 Å². The number of halogens is 1. The molecular formula is C17H13ClN2O3S2. The van der Waals surface area contributed by atoms with Gasteiger partial charge in [-0.05, 0) is 18.4 Å². The lowest BCUT2D eigenvalue weighted by molar-refractivity contribution is 0.102. The van der Waals surface area contributed by atoms with Crippen LogP contribution in [0.5, 0.6) is 11.5 Å². The number of nitrogens with zero attached hydrogens (tertiary/aromatic N) is 1. The van der Waals surface area contributed by atoms with E-state index in [-0.39, 0.29) is 5.91 Å². The monoisotopic (exact) mass is 392 g/mol. The second-order valence-corrected chi connectivity index (χ2v) is 7.56. The van der Waals surface area contributed by atoms with Gasteiger partial charge in [-0.2, -0.15) is 11.3 Å². The van der Waals surface area contributed by atoms with Crippen LogP contribution in [0.2, 0.25) is 5.02 Å². The molecule has 1 aromatic carbocycles. The second-order valence-electron chi connectivity index (χ2n) is 5.38. The first-order chi connectivity index (χ1) is 12.1. The molecule has 0 bridgehead atoms. The van der Waals surface area contributed by atoms with Gasteiger partial charge in [0.25, 0.3) is 5.91 Å². The molecule has 0 atom stereocenters. The standard InChI is InChI=1S/C17H13ClN2O3S2/c1-9-15(25-17(19-9)10-2-5-24-8-10)16(21)20-12-7-14-13(6-11(12)18)22-3-4-23-14/h2,5-8H,3-4H2,1H3,(H,20,21). The summed E-state index contributed by atoms with van der Waals surface area (Å²) in [6, 6.07) is 5.33. The summed E-state index contributed by atoms with van der Waals surface area (Å²) in [7, 11) is 0. The first-order valence-corrected chi connectivity index (χ1v) is 9.66. The van der Waals surface area contributed by atoms with Crippen molar-refractivity contribution in [2.45, 2.75) is 6.92 Å². The van der Waals surface area contributed by atoms with Crippen LogP contribution in [-0.2, 0) is 0 Å². The number of nitrogens with one attached hydrogen (secondary N) is 1. The average molecular weight is 393 g/mol. The van der Waals surface area contributed by atoms with Gasteiger partial charge in [0.1, 0.15) is 23.1 Å². The minimum Gasteiger partial charge on any atom is -0.486 e. The topological polar surface area (TPSA) is 60.5 Å². The third kappa shape index (κ3) is 3.22. The van der Waals surface area contributed by atoms with Gasteiger partial charge in [-0.3, -0.25) is 4.79 Å². The molecule has 1 aliphatic heterocycles. The van der Waals surface area contributed by atoms with Crippen LogP contribution in [0.15, 0.2) is 29.0 Å². The third-order valence-corrected chi connectivity index (χ3v) is 5.85. The number of hydrogen-bond donors (Lipinski definition) is 1. The smallest absolute Gasteiger partial charge is 0.267 e. The minimum atomic E-state index is -0.241. The van der Waals surface area contributed by atoms with E-state index < -0.39 is 0 Å². The number of carbonyl (C=O) groups is 1. The molecule has 0 aliphatic carbocycles. The van der Waals surface area contributed by atoms with Gasteiger partial charge in [-0.1, -0.05) is 11.6 Å². The number of thiazole rings is 1. The van der Waals surface area contributed by atoms with Crippen molar-refractivity contribution in [2.75, 3.05) is 18.5 Å². The Morgan fingerprint density at radius 2 is 2.04 bits per heavy atom. The zero-order valence-electron chi connectivity index (χ0n) is 13.2. The van der Waals surface area contributed by atoms with Crippen LogP contribution in [0.3, 0.4) is 0 Å². The Labute approximate surface area is 157 Å². The maximum absolute atomic E-state index is 12.7. The van der Waals surface area contributed by atoms with Crippen molar-refractivity contribution in [1.82, 2.24) is 4.98 Å². The number of rotatable bonds is 3. The van der Waals surface area contributed by atoms with E-state index >= 15 is 0 Å². The van der Waals surface area contributed by atoms with Gasteiger partial charge in [0, 0.05) is 23.1 Å².